The molecule has 27 heavy (non-hydrogen) atoms. The Morgan fingerprint density at radius 1 is 1.26 bits per heavy atom. The summed E-state index contributed by atoms with van der Waals surface area (Å²) in [4.78, 5) is 29.1. The molecule has 0 saturated carbocycles. The third kappa shape index (κ3) is 4.69. The van der Waals surface area contributed by atoms with Gasteiger partial charge in [-0.25, -0.2) is 0 Å². The molecule has 6 heteroatoms. The topological polar surface area (TPSA) is 70.1 Å². The molecule has 0 fully saturated rings. The van der Waals surface area contributed by atoms with E-state index in [2.05, 4.69) is 0 Å². The van der Waals surface area contributed by atoms with Gasteiger partial charge in [-0.3, -0.25) is 9.59 Å². The van der Waals surface area contributed by atoms with Crippen molar-refractivity contribution in [3.63, 3.8) is 0 Å². The standard InChI is InChI=1S/C21H30N2O4/c1-6-27-16-10-8-15(9-11-16)18-17(19(24)14(2)3)20(25)21(26)23(18)13-7-12-22(4)5/h8-11,14,18,25H,6-7,12-13H2,1-5H3. The zero-order valence-electron chi connectivity index (χ0n) is 16.9. The highest BCUT2D eigenvalue weighted by Crippen LogP contribution is 2.39. The summed E-state index contributed by atoms with van der Waals surface area (Å²) in [6.45, 7) is 7.31. The fourth-order valence-electron chi connectivity index (χ4n) is 3.26. The number of benzene rings is 1. The molecule has 1 unspecified atom stereocenters. The first-order valence-electron chi connectivity index (χ1n) is 9.43. The van der Waals surface area contributed by atoms with Crippen molar-refractivity contribution >= 4 is 11.7 Å². The van der Waals surface area contributed by atoms with Crippen molar-refractivity contribution < 1.29 is 19.4 Å². The van der Waals surface area contributed by atoms with Gasteiger partial charge in [-0.05, 0) is 51.7 Å². The number of ether oxygens (including phenoxy) is 1. The average Bonchev–Trinajstić information content (AvgIpc) is 2.86. The van der Waals surface area contributed by atoms with E-state index in [0.29, 0.717) is 13.2 Å². The van der Waals surface area contributed by atoms with Crippen molar-refractivity contribution in [2.45, 2.75) is 33.2 Å². The van der Waals surface area contributed by atoms with E-state index in [0.717, 1.165) is 24.3 Å². The quantitative estimate of drug-likeness (QED) is 0.720. The number of ketones is 1. The Balaban J connectivity index is 2.39. The number of rotatable bonds is 9. The van der Waals surface area contributed by atoms with Crippen LogP contribution in [0.25, 0.3) is 0 Å². The summed E-state index contributed by atoms with van der Waals surface area (Å²) < 4.78 is 5.48. The summed E-state index contributed by atoms with van der Waals surface area (Å²) in [6.07, 6.45) is 0.753. The Hall–Kier alpha value is -2.34. The van der Waals surface area contributed by atoms with Crippen LogP contribution in [0.5, 0.6) is 5.75 Å². The number of hydrogen-bond donors (Lipinski definition) is 1. The number of amides is 1. The van der Waals surface area contributed by atoms with Gasteiger partial charge in [0.25, 0.3) is 5.91 Å². The maximum Gasteiger partial charge on any atom is 0.290 e. The molecule has 1 aromatic rings. The van der Waals surface area contributed by atoms with E-state index >= 15 is 0 Å². The van der Waals surface area contributed by atoms with E-state index in [1.165, 1.54) is 0 Å². The molecule has 1 heterocycles. The van der Waals surface area contributed by atoms with Crippen LogP contribution in [0.3, 0.4) is 0 Å². The molecule has 2 rings (SSSR count). The van der Waals surface area contributed by atoms with Crippen molar-refractivity contribution in [3.05, 3.63) is 41.2 Å². The number of hydrogen-bond acceptors (Lipinski definition) is 5. The number of aliphatic hydroxyl groups excluding tert-OH is 1. The molecule has 0 aromatic heterocycles. The Morgan fingerprint density at radius 2 is 1.89 bits per heavy atom. The number of aliphatic hydroxyl groups is 1. The maximum atomic E-state index is 12.8. The predicted octanol–water partition coefficient (Wildman–Crippen LogP) is 2.96. The largest absolute Gasteiger partial charge is 0.503 e. The zero-order valence-corrected chi connectivity index (χ0v) is 16.9. The Morgan fingerprint density at radius 3 is 2.41 bits per heavy atom. The van der Waals surface area contributed by atoms with Crippen molar-refractivity contribution in [3.8, 4) is 5.75 Å². The second kappa shape index (κ2) is 9.04. The van der Waals surface area contributed by atoms with Gasteiger partial charge in [0.15, 0.2) is 11.5 Å². The summed E-state index contributed by atoms with van der Waals surface area (Å²) in [5, 5.41) is 10.5. The van der Waals surface area contributed by atoms with E-state index in [4.69, 9.17) is 4.74 Å². The van der Waals surface area contributed by atoms with Crippen molar-refractivity contribution in [2.24, 2.45) is 5.92 Å². The lowest BCUT2D eigenvalue weighted by atomic mass is 9.91. The number of carbonyl (C=O) groups is 2. The van der Waals surface area contributed by atoms with Crippen LogP contribution < -0.4 is 4.74 Å². The van der Waals surface area contributed by atoms with Gasteiger partial charge in [0, 0.05) is 12.5 Å². The van der Waals surface area contributed by atoms with E-state index < -0.39 is 17.7 Å². The molecular formula is C21H30N2O4. The second-order valence-electron chi connectivity index (χ2n) is 7.34. The normalized spacial score (nSPS) is 17.4. The van der Waals surface area contributed by atoms with Gasteiger partial charge in [0.05, 0.1) is 18.2 Å². The molecule has 0 radical (unpaired) electrons. The average molecular weight is 374 g/mol. The van der Waals surface area contributed by atoms with E-state index in [1.807, 2.05) is 50.2 Å². The van der Waals surface area contributed by atoms with Crippen LogP contribution in [0.15, 0.2) is 35.6 Å². The van der Waals surface area contributed by atoms with Crippen LogP contribution in [0.2, 0.25) is 0 Å². The molecule has 0 aliphatic carbocycles. The van der Waals surface area contributed by atoms with Crippen LogP contribution in [0.1, 0.15) is 38.8 Å². The molecule has 148 valence electrons. The minimum Gasteiger partial charge on any atom is -0.503 e. The Kier molecular flexibility index (Phi) is 7.02. The maximum absolute atomic E-state index is 12.8. The molecule has 0 saturated heterocycles. The first kappa shape index (κ1) is 21.0. The van der Waals surface area contributed by atoms with E-state index in [1.54, 1.807) is 18.7 Å². The number of nitrogens with zero attached hydrogens (tertiary/aromatic N) is 2. The minimum absolute atomic E-state index is 0.198. The van der Waals surface area contributed by atoms with Gasteiger partial charge in [-0.1, -0.05) is 26.0 Å². The molecule has 1 aliphatic rings. The lowest BCUT2D eigenvalue weighted by Gasteiger charge is -2.28. The summed E-state index contributed by atoms with van der Waals surface area (Å²) in [5.41, 5.74) is 0.994. The lowest BCUT2D eigenvalue weighted by Crippen LogP contribution is -2.33. The molecule has 1 aliphatic heterocycles. The van der Waals surface area contributed by atoms with Gasteiger partial charge in [0.1, 0.15) is 5.75 Å². The third-order valence-corrected chi connectivity index (χ3v) is 4.60. The van der Waals surface area contributed by atoms with E-state index in [9.17, 15) is 14.7 Å². The molecule has 0 bridgehead atoms. The zero-order chi connectivity index (χ0) is 20.1. The molecule has 6 nitrogen and oxygen atoms in total. The van der Waals surface area contributed by atoms with Gasteiger partial charge >= 0.3 is 0 Å². The highest BCUT2D eigenvalue weighted by molar-refractivity contribution is 6.09. The Bertz CT molecular complexity index is 707. The van der Waals surface area contributed by atoms with Crippen LogP contribution in [-0.4, -0.2) is 60.4 Å². The first-order valence-corrected chi connectivity index (χ1v) is 9.43. The minimum atomic E-state index is -0.565. The Labute approximate surface area is 161 Å². The summed E-state index contributed by atoms with van der Waals surface area (Å²) in [6, 6.07) is 6.80. The number of Topliss-reactive ketones (excluding diaryl/α,β-unsaturated/α-hetero) is 1. The van der Waals surface area contributed by atoms with Gasteiger partial charge in [-0.2, -0.15) is 0 Å². The van der Waals surface area contributed by atoms with Crippen molar-refractivity contribution in [2.75, 3.05) is 33.8 Å². The van der Waals surface area contributed by atoms with Crippen molar-refractivity contribution in [1.29, 1.82) is 0 Å². The fourth-order valence-corrected chi connectivity index (χ4v) is 3.26. The fraction of sp³-hybridized carbons (Fsp3) is 0.524. The van der Waals surface area contributed by atoms with Gasteiger partial charge < -0.3 is 19.6 Å². The SMILES string of the molecule is CCOc1ccc(C2C(C(=O)C(C)C)=C(O)C(=O)N2CCCN(C)C)cc1. The van der Waals surface area contributed by atoms with Crippen molar-refractivity contribution in [1.82, 2.24) is 9.80 Å². The lowest BCUT2D eigenvalue weighted by molar-refractivity contribution is -0.129. The highest BCUT2D eigenvalue weighted by atomic mass is 16.5. The molecule has 1 atom stereocenters. The predicted molar refractivity (Wildman–Crippen MR) is 105 cm³/mol. The van der Waals surface area contributed by atoms with Crippen LogP contribution in [-0.2, 0) is 9.59 Å². The molecule has 1 N–H and O–H groups in total. The molecule has 1 amide bonds. The molecule has 0 spiro atoms. The van der Waals surface area contributed by atoms with Crippen LogP contribution in [0, 0.1) is 5.92 Å². The smallest absolute Gasteiger partial charge is 0.290 e. The highest BCUT2D eigenvalue weighted by Gasteiger charge is 2.43. The third-order valence-electron chi connectivity index (χ3n) is 4.60. The monoisotopic (exact) mass is 374 g/mol. The summed E-state index contributed by atoms with van der Waals surface area (Å²) in [5.74, 6) is -0.666. The first-order chi connectivity index (χ1) is 12.8. The number of carbonyl (C=O) groups excluding carboxylic acids is 2. The molecule has 1 aromatic carbocycles. The second-order valence-corrected chi connectivity index (χ2v) is 7.34. The van der Waals surface area contributed by atoms with Crippen LogP contribution in [0.4, 0.5) is 0 Å². The van der Waals surface area contributed by atoms with Gasteiger partial charge in [-0.15, -0.1) is 0 Å². The van der Waals surface area contributed by atoms with Gasteiger partial charge in [0.2, 0.25) is 0 Å². The summed E-state index contributed by atoms with van der Waals surface area (Å²) in [7, 11) is 3.94. The van der Waals surface area contributed by atoms with Crippen LogP contribution >= 0.6 is 0 Å². The molecular weight excluding hydrogens is 344 g/mol. The summed E-state index contributed by atoms with van der Waals surface area (Å²) >= 11 is 0. The van der Waals surface area contributed by atoms with E-state index in [-0.39, 0.29) is 17.3 Å².